The monoisotopic (exact) mass is 440 g/mol. The van der Waals surface area contributed by atoms with Crippen LogP contribution >= 0.6 is 0 Å². The van der Waals surface area contributed by atoms with Crippen LogP contribution in [-0.4, -0.2) is 30.4 Å². The number of halogens is 1. The van der Waals surface area contributed by atoms with Gasteiger partial charge in [0.15, 0.2) is 0 Å². The van der Waals surface area contributed by atoms with E-state index in [2.05, 4.69) is 16.0 Å². The fourth-order valence-corrected chi connectivity index (χ4v) is 3.67. The van der Waals surface area contributed by atoms with Gasteiger partial charge in [-0.05, 0) is 60.7 Å². The number of carbonyl (C=O) groups is 3. The van der Waals surface area contributed by atoms with Gasteiger partial charge >= 0.3 is 6.03 Å². The fraction of sp³-hybridized carbons (Fsp3) is 0.375. The molecule has 3 rings (SSSR count). The maximum absolute atomic E-state index is 13.0. The molecule has 1 aliphatic rings. The third-order valence-corrected chi connectivity index (χ3v) is 5.43. The second-order valence-electron chi connectivity index (χ2n) is 8.31. The number of anilines is 2. The Hall–Kier alpha value is -3.42. The zero-order valence-electron chi connectivity index (χ0n) is 18.6. The number of nitrogens with one attached hydrogen (secondary N) is 3. The number of hydrogen-bond donors (Lipinski definition) is 3. The summed E-state index contributed by atoms with van der Waals surface area (Å²) >= 11 is 0. The molecular formula is C24H29FN4O3. The minimum absolute atomic E-state index is 0.112. The molecule has 0 unspecified atom stereocenters. The van der Waals surface area contributed by atoms with Crippen molar-refractivity contribution in [3.05, 3.63) is 59.4 Å². The molecule has 1 fully saturated rings. The minimum atomic E-state index is -0.747. The molecule has 4 amide bonds. The summed E-state index contributed by atoms with van der Waals surface area (Å²) in [6, 6.07) is 10.0. The Morgan fingerprint density at radius 1 is 1.12 bits per heavy atom. The molecule has 0 bridgehead atoms. The van der Waals surface area contributed by atoms with E-state index in [4.69, 9.17) is 0 Å². The second-order valence-corrected chi connectivity index (χ2v) is 8.31. The molecule has 1 heterocycles. The van der Waals surface area contributed by atoms with Gasteiger partial charge in [-0.2, -0.15) is 0 Å². The first-order valence-corrected chi connectivity index (χ1v) is 10.8. The van der Waals surface area contributed by atoms with Gasteiger partial charge in [0.25, 0.3) is 0 Å². The summed E-state index contributed by atoms with van der Waals surface area (Å²) in [7, 11) is 0. The van der Waals surface area contributed by atoms with Crippen molar-refractivity contribution in [2.45, 2.75) is 46.2 Å². The summed E-state index contributed by atoms with van der Waals surface area (Å²) in [6.07, 6.45) is 1.41. The number of rotatable bonds is 7. The molecule has 8 heteroatoms. The van der Waals surface area contributed by atoms with E-state index in [1.165, 1.54) is 12.1 Å². The number of urea groups is 1. The van der Waals surface area contributed by atoms with Crippen molar-refractivity contribution >= 4 is 29.2 Å². The number of aryl methyl sites for hydroxylation is 1. The van der Waals surface area contributed by atoms with E-state index in [1.807, 2.05) is 32.9 Å². The summed E-state index contributed by atoms with van der Waals surface area (Å²) in [6.45, 7) is 6.51. The molecule has 2 aromatic carbocycles. The smallest absolute Gasteiger partial charge is 0.315 e. The molecule has 1 aliphatic heterocycles. The summed E-state index contributed by atoms with van der Waals surface area (Å²) < 4.78 is 13.0. The molecule has 3 N–H and O–H groups in total. The topological polar surface area (TPSA) is 90.5 Å². The quantitative estimate of drug-likeness (QED) is 0.613. The molecule has 0 spiro atoms. The van der Waals surface area contributed by atoms with Gasteiger partial charge in [-0.15, -0.1) is 0 Å². The van der Waals surface area contributed by atoms with Crippen molar-refractivity contribution in [1.29, 1.82) is 0 Å². The van der Waals surface area contributed by atoms with Gasteiger partial charge in [-0.25, -0.2) is 9.18 Å². The van der Waals surface area contributed by atoms with Crippen LogP contribution < -0.4 is 20.9 Å². The number of amides is 4. The molecular weight excluding hydrogens is 411 g/mol. The summed E-state index contributed by atoms with van der Waals surface area (Å²) in [5.74, 6) is -0.707. The van der Waals surface area contributed by atoms with E-state index < -0.39 is 12.1 Å². The highest BCUT2D eigenvalue weighted by Gasteiger charge is 2.26. The Kier molecular flexibility index (Phi) is 7.45. The Labute approximate surface area is 187 Å². The molecule has 1 saturated heterocycles. The summed E-state index contributed by atoms with van der Waals surface area (Å²) in [4.78, 5) is 38.9. The van der Waals surface area contributed by atoms with Crippen LogP contribution in [0.2, 0.25) is 0 Å². The maximum Gasteiger partial charge on any atom is 0.315 e. The molecule has 2 aromatic rings. The molecule has 0 radical (unpaired) electrons. The first-order chi connectivity index (χ1) is 15.2. The van der Waals surface area contributed by atoms with Crippen molar-refractivity contribution in [1.82, 2.24) is 10.6 Å². The predicted octanol–water partition coefficient (Wildman–Crippen LogP) is 3.72. The van der Waals surface area contributed by atoms with Crippen LogP contribution in [0.25, 0.3) is 0 Å². The van der Waals surface area contributed by atoms with Crippen molar-refractivity contribution < 1.29 is 18.8 Å². The summed E-state index contributed by atoms with van der Waals surface area (Å²) in [5.41, 5.74) is 3.09. The van der Waals surface area contributed by atoms with Crippen LogP contribution in [0.3, 0.4) is 0 Å². The zero-order valence-corrected chi connectivity index (χ0v) is 18.6. The largest absolute Gasteiger partial charge is 0.334 e. The number of nitrogens with zero attached hydrogens (tertiary/aromatic N) is 1. The van der Waals surface area contributed by atoms with Crippen LogP contribution in [0.1, 0.15) is 37.8 Å². The normalized spacial score (nSPS) is 14.4. The number of benzene rings is 2. The molecule has 7 nitrogen and oxygen atoms in total. The average molecular weight is 441 g/mol. The van der Waals surface area contributed by atoms with Crippen LogP contribution in [-0.2, 0) is 16.1 Å². The van der Waals surface area contributed by atoms with Gasteiger partial charge in [-0.1, -0.05) is 26.0 Å². The lowest BCUT2D eigenvalue weighted by atomic mass is 10.0. The highest BCUT2D eigenvalue weighted by molar-refractivity contribution is 5.99. The molecule has 32 heavy (non-hydrogen) atoms. The fourth-order valence-electron chi connectivity index (χ4n) is 3.67. The lowest BCUT2D eigenvalue weighted by molar-refractivity contribution is -0.119. The van der Waals surface area contributed by atoms with E-state index in [1.54, 1.807) is 23.1 Å². The van der Waals surface area contributed by atoms with Gasteiger partial charge in [0.1, 0.15) is 11.9 Å². The number of carbonyl (C=O) groups excluding carboxylic acids is 3. The standard InChI is InChI=1S/C24H29FN4O3/c1-15(2)22(28-24(32)26-14-17-6-8-18(25)9-7-17)23(31)27-19-10-11-20(16(3)13-19)29-12-4-5-21(29)30/h6-11,13,15,22H,4-5,12,14H2,1-3H3,(H,27,31)(H2,26,28,32)/t22-/m0/s1. The third-order valence-electron chi connectivity index (χ3n) is 5.43. The van der Waals surface area contributed by atoms with Gasteiger partial charge in [0.05, 0.1) is 0 Å². The Bertz CT molecular complexity index is 991. The average Bonchev–Trinajstić information content (AvgIpc) is 3.17. The van der Waals surface area contributed by atoms with Crippen molar-refractivity contribution in [3.8, 4) is 0 Å². The highest BCUT2D eigenvalue weighted by atomic mass is 19.1. The van der Waals surface area contributed by atoms with Crippen molar-refractivity contribution in [3.63, 3.8) is 0 Å². The minimum Gasteiger partial charge on any atom is -0.334 e. The number of hydrogen-bond acceptors (Lipinski definition) is 3. The Morgan fingerprint density at radius 3 is 2.44 bits per heavy atom. The van der Waals surface area contributed by atoms with Gasteiger partial charge < -0.3 is 20.9 Å². The lowest BCUT2D eigenvalue weighted by Crippen LogP contribution is -2.50. The Morgan fingerprint density at radius 2 is 1.84 bits per heavy atom. The lowest BCUT2D eigenvalue weighted by Gasteiger charge is -2.23. The highest BCUT2D eigenvalue weighted by Crippen LogP contribution is 2.27. The van der Waals surface area contributed by atoms with E-state index in [9.17, 15) is 18.8 Å². The first-order valence-electron chi connectivity index (χ1n) is 10.8. The zero-order chi connectivity index (χ0) is 23.3. The molecule has 0 aliphatic carbocycles. The van der Waals surface area contributed by atoms with E-state index in [0.29, 0.717) is 18.7 Å². The second kappa shape index (κ2) is 10.3. The van der Waals surface area contributed by atoms with Crippen molar-refractivity contribution in [2.24, 2.45) is 5.92 Å². The summed E-state index contributed by atoms with van der Waals surface area (Å²) in [5, 5.41) is 8.24. The molecule has 0 aromatic heterocycles. The maximum atomic E-state index is 13.0. The van der Waals surface area contributed by atoms with Gasteiger partial charge in [-0.3, -0.25) is 9.59 Å². The molecule has 1 atom stereocenters. The van der Waals surface area contributed by atoms with E-state index in [-0.39, 0.29) is 30.1 Å². The molecule has 170 valence electrons. The van der Waals surface area contributed by atoms with Gasteiger partial charge in [0.2, 0.25) is 11.8 Å². The van der Waals surface area contributed by atoms with Crippen LogP contribution in [0.15, 0.2) is 42.5 Å². The Balaban J connectivity index is 1.59. The molecule has 0 saturated carbocycles. The first kappa shape index (κ1) is 23.2. The van der Waals surface area contributed by atoms with E-state index >= 15 is 0 Å². The van der Waals surface area contributed by atoms with Gasteiger partial charge in [0, 0.05) is 30.9 Å². The van der Waals surface area contributed by atoms with Crippen LogP contribution in [0, 0.1) is 18.7 Å². The third kappa shape index (κ3) is 5.84. The predicted molar refractivity (Wildman–Crippen MR) is 122 cm³/mol. The van der Waals surface area contributed by atoms with Crippen LogP contribution in [0.5, 0.6) is 0 Å². The SMILES string of the molecule is Cc1cc(NC(=O)[C@@H](NC(=O)NCc2ccc(F)cc2)C(C)C)ccc1N1CCCC1=O. The van der Waals surface area contributed by atoms with Crippen LogP contribution in [0.4, 0.5) is 20.6 Å². The van der Waals surface area contributed by atoms with E-state index in [0.717, 1.165) is 23.2 Å². The van der Waals surface area contributed by atoms with Crippen molar-refractivity contribution in [2.75, 3.05) is 16.8 Å².